The fourth-order valence-corrected chi connectivity index (χ4v) is 3.50. The predicted molar refractivity (Wildman–Crippen MR) is 98.5 cm³/mol. The summed E-state index contributed by atoms with van der Waals surface area (Å²) in [5.41, 5.74) is 2.22. The van der Waals surface area contributed by atoms with Crippen molar-refractivity contribution in [2.75, 3.05) is 0 Å². The Balaban J connectivity index is 1.65. The number of carbonyl (C=O) groups is 1. The molecular formula is C20H18ClN3O. The molecule has 1 fully saturated rings. The number of H-pyrrole nitrogens is 1. The van der Waals surface area contributed by atoms with Gasteiger partial charge in [0.2, 0.25) is 0 Å². The summed E-state index contributed by atoms with van der Waals surface area (Å²) in [6, 6.07) is 15.3. The van der Waals surface area contributed by atoms with Gasteiger partial charge in [0, 0.05) is 23.0 Å². The molecule has 4 rings (SSSR count). The summed E-state index contributed by atoms with van der Waals surface area (Å²) in [5, 5.41) is 3.96. The van der Waals surface area contributed by atoms with E-state index < -0.39 is 0 Å². The smallest absolute Gasteiger partial charge is 0.252 e. The number of nitrogens with zero attached hydrogens (tertiary/aromatic N) is 1. The largest absolute Gasteiger partial charge is 0.345 e. The van der Waals surface area contributed by atoms with Gasteiger partial charge in [-0.15, -0.1) is 0 Å². The highest BCUT2D eigenvalue weighted by molar-refractivity contribution is 6.30. The molecule has 1 saturated carbocycles. The molecule has 2 aromatic carbocycles. The monoisotopic (exact) mass is 351 g/mol. The second-order valence-corrected chi connectivity index (χ2v) is 6.82. The van der Waals surface area contributed by atoms with E-state index in [1.54, 1.807) is 12.4 Å². The van der Waals surface area contributed by atoms with Crippen molar-refractivity contribution in [3.05, 3.63) is 77.1 Å². The van der Waals surface area contributed by atoms with E-state index in [4.69, 9.17) is 11.6 Å². The molecule has 4 nitrogen and oxygen atoms in total. The highest BCUT2D eigenvalue weighted by Gasteiger charge is 2.40. The summed E-state index contributed by atoms with van der Waals surface area (Å²) < 4.78 is 0. The van der Waals surface area contributed by atoms with E-state index in [1.165, 1.54) is 0 Å². The Morgan fingerprint density at radius 2 is 1.88 bits per heavy atom. The number of aromatic amines is 1. The summed E-state index contributed by atoms with van der Waals surface area (Å²) in [6.45, 7) is 0. The predicted octanol–water partition coefficient (Wildman–Crippen LogP) is 4.54. The quantitative estimate of drug-likeness (QED) is 0.725. The van der Waals surface area contributed by atoms with Crippen LogP contribution >= 0.6 is 11.6 Å². The number of imidazole rings is 1. The minimum absolute atomic E-state index is 0.0818. The lowest BCUT2D eigenvalue weighted by Crippen LogP contribution is -2.50. The molecule has 1 heterocycles. The average molecular weight is 352 g/mol. The van der Waals surface area contributed by atoms with Crippen molar-refractivity contribution in [2.45, 2.75) is 24.8 Å². The molecule has 1 amide bonds. The molecule has 5 heteroatoms. The van der Waals surface area contributed by atoms with Gasteiger partial charge in [0.1, 0.15) is 5.82 Å². The molecule has 0 unspecified atom stereocenters. The lowest BCUT2D eigenvalue weighted by Gasteiger charge is -2.43. The van der Waals surface area contributed by atoms with Crippen molar-refractivity contribution in [3.8, 4) is 11.4 Å². The second-order valence-electron chi connectivity index (χ2n) is 6.38. The summed E-state index contributed by atoms with van der Waals surface area (Å²) in [7, 11) is 0. The summed E-state index contributed by atoms with van der Waals surface area (Å²) in [6.07, 6.45) is 6.41. The first kappa shape index (κ1) is 15.9. The van der Waals surface area contributed by atoms with Crippen LogP contribution in [0.1, 0.15) is 35.2 Å². The van der Waals surface area contributed by atoms with Crippen LogP contribution in [-0.4, -0.2) is 15.9 Å². The van der Waals surface area contributed by atoms with Crippen LogP contribution in [0.3, 0.4) is 0 Å². The van der Waals surface area contributed by atoms with Gasteiger partial charge in [0.15, 0.2) is 0 Å². The minimum Gasteiger partial charge on any atom is -0.345 e. The van der Waals surface area contributed by atoms with Crippen molar-refractivity contribution in [2.24, 2.45) is 0 Å². The van der Waals surface area contributed by atoms with E-state index in [1.807, 2.05) is 48.5 Å². The van der Waals surface area contributed by atoms with Gasteiger partial charge in [0.25, 0.3) is 5.91 Å². The van der Waals surface area contributed by atoms with Crippen molar-refractivity contribution >= 4 is 17.5 Å². The number of aromatic nitrogens is 2. The van der Waals surface area contributed by atoms with Crippen LogP contribution in [0, 0.1) is 0 Å². The Bertz CT molecular complexity index is 884. The van der Waals surface area contributed by atoms with Crippen molar-refractivity contribution in [1.82, 2.24) is 15.3 Å². The van der Waals surface area contributed by atoms with E-state index in [2.05, 4.69) is 15.3 Å². The third-order valence-corrected chi connectivity index (χ3v) is 5.13. The molecule has 0 radical (unpaired) electrons. The lowest BCUT2D eigenvalue weighted by molar-refractivity contribution is 0.0824. The zero-order valence-electron chi connectivity index (χ0n) is 13.6. The van der Waals surface area contributed by atoms with Gasteiger partial charge < -0.3 is 10.3 Å². The Morgan fingerprint density at radius 3 is 2.52 bits per heavy atom. The first-order valence-corrected chi connectivity index (χ1v) is 8.73. The van der Waals surface area contributed by atoms with Gasteiger partial charge in [-0.25, -0.2) is 4.98 Å². The van der Waals surface area contributed by atoms with Crippen molar-refractivity contribution < 1.29 is 4.79 Å². The van der Waals surface area contributed by atoms with E-state index in [0.717, 1.165) is 30.4 Å². The van der Waals surface area contributed by atoms with Crippen molar-refractivity contribution in [3.63, 3.8) is 0 Å². The maximum Gasteiger partial charge on any atom is 0.252 e. The molecule has 0 spiro atoms. The normalized spacial score (nSPS) is 15.4. The van der Waals surface area contributed by atoms with Crippen LogP contribution in [0.15, 0.2) is 60.9 Å². The van der Waals surface area contributed by atoms with Crippen LogP contribution in [0.4, 0.5) is 0 Å². The SMILES string of the molecule is O=C(NC1(c2ccc(Cl)cc2)CCC1)c1ccccc1-c1ncc[nH]1. The van der Waals surface area contributed by atoms with Crippen LogP contribution in [0.25, 0.3) is 11.4 Å². The number of halogens is 1. The zero-order valence-corrected chi connectivity index (χ0v) is 14.4. The first-order chi connectivity index (χ1) is 12.2. The molecule has 3 aromatic rings. The Morgan fingerprint density at radius 1 is 1.12 bits per heavy atom. The molecular weight excluding hydrogens is 334 g/mol. The Labute approximate surface area is 151 Å². The second kappa shape index (κ2) is 6.37. The fraction of sp³-hybridized carbons (Fsp3) is 0.200. The van der Waals surface area contributed by atoms with Crippen LogP contribution in [0.5, 0.6) is 0 Å². The van der Waals surface area contributed by atoms with Crippen LogP contribution in [-0.2, 0) is 5.54 Å². The number of hydrogen-bond acceptors (Lipinski definition) is 2. The molecule has 25 heavy (non-hydrogen) atoms. The number of hydrogen-bond donors (Lipinski definition) is 2. The van der Waals surface area contributed by atoms with Gasteiger partial charge in [-0.2, -0.15) is 0 Å². The molecule has 0 saturated heterocycles. The zero-order chi connectivity index (χ0) is 17.3. The third-order valence-electron chi connectivity index (χ3n) is 4.88. The number of rotatable bonds is 4. The summed E-state index contributed by atoms with van der Waals surface area (Å²) in [5.74, 6) is 0.613. The molecule has 1 aromatic heterocycles. The van der Waals surface area contributed by atoms with E-state index in [0.29, 0.717) is 16.4 Å². The van der Waals surface area contributed by atoms with Gasteiger partial charge in [-0.1, -0.05) is 41.9 Å². The van der Waals surface area contributed by atoms with Gasteiger partial charge in [0.05, 0.1) is 11.1 Å². The number of amides is 1. The first-order valence-electron chi connectivity index (χ1n) is 8.35. The molecule has 126 valence electrons. The topological polar surface area (TPSA) is 57.8 Å². The summed E-state index contributed by atoms with van der Waals surface area (Å²) >= 11 is 6.00. The van der Waals surface area contributed by atoms with Gasteiger partial charge >= 0.3 is 0 Å². The molecule has 1 aliphatic rings. The van der Waals surface area contributed by atoms with E-state index >= 15 is 0 Å². The molecule has 2 N–H and O–H groups in total. The standard InChI is InChI=1S/C20H18ClN3O/c21-15-8-6-14(7-9-15)20(10-3-11-20)24-19(25)17-5-2-1-4-16(17)18-22-12-13-23-18/h1-2,4-9,12-13H,3,10-11H2,(H,22,23)(H,24,25). The third kappa shape index (κ3) is 2.94. The Hall–Kier alpha value is -2.59. The maximum atomic E-state index is 13.0. The van der Waals surface area contributed by atoms with Gasteiger partial charge in [-0.05, 0) is 43.0 Å². The number of benzene rings is 2. The number of nitrogens with one attached hydrogen (secondary N) is 2. The minimum atomic E-state index is -0.308. The molecule has 1 aliphatic carbocycles. The Kier molecular flexibility index (Phi) is 4.06. The van der Waals surface area contributed by atoms with E-state index in [9.17, 15) is 4.79 Å². The highest BCUT2D eigenvalue weighted by Crippen LogP contribution is 2.42. The van der Waals surface area contributed by atoms with Gasteiger partial charge in [-0.3, -0.25) is 4.79 Å². The van der Waals surface area contributed by atoms with E-state index in [-0.39, 0.29) is 11.4 Å². The fourth-order valence-electron chi connectivity index (χ4n) is 3.37. The van der Waals surface area contributed by atoms with Crippen LogP contribution in [0.2, 0.25) is 5.02 Å². The van der Waals surface area contributed by atoms with Crippen molar-refractivity contribution in [1.29, 1.82) is 0 Å². The van der Waals surface area contributed by atoms with Crippen LogP contribution < -0.4 is 5.32 Å². The molecule has 0 aliphatic heterocycles. The lowest BCUT2D eigenvalue weighted by atomic mass is 9.71. The molecule has 0 atom stereocenters. The highest BCUT2D eigenvalue weighted by atomic mass is 35.5. The molecule has 0 bridgehead atoms. The average Bonchev–Trinajstić information content (AvgIpc) is 3.13. The maximum absolute atomic E-state index is 13.0. The number of carbonyl (C=O) groups excluding carboxylic acids is 1. The summed E-state index contributed by atoms with van der Waals surface area (Å²) in [4.78, 5) is 20.4.